The predicted molar refractivity (Wildman–Crippen MR) is 61.6 cm³/mol. The van der Waals surface area contributed by atoms with Crippen LogP contribution in [0.3, 0.4) is 0 Å². The van der Waals surface area contributed by atoms with Gasteiger partial charge in [-0.1, -0.05) is 6.07 Å². The van der Waals surface area contributed by atoms with Crippen LogP contribution in [0.4, 0.5) is 13.2 Å². The highest BCUT2D eigenvalue weighted by Crippen LogP contribution is 2.42. The minimum Gasteiger partial charge on any atom is -0.497 e. The Labute approximate surface area is 112 Å². The van der Waals surface area contributed by atoms with Gasteiger partial charge in [0.2, 0.25) is 0 Å². The molecule has 108 valence electrons. The van der Waals surface area contributed by atoms with Crippen LogP contribution in [-0.2, 0) is 16.0 Å². The molecule has 1 aliphatic rings. The van der Waals surface area contributed by atoms with E-state index in [2.05, 4.69) is 4.74 Å². The molecule has 1 atom stereocenters. The van der Waals surface area contributed by atoms with Crippen LogP contribution < -0.4 is 4.74 Å². The van der Waals surface area contributed by atoms with E-state index in [1.54, 1.807) is 0 Å². The highest BCUT2D eigenvalue weighted by molar-refractivity contribution is 5.98. The molecule has 1 heterocycles. The minimum absolute atomic E-state index is 0.0227. The summed E-state index contributed by atoms with van der Waals surface area (Å²) in [6, 6.07) is 4.05. The second kappa shape index (κ2) is 4.50. The summed E-state index contributed by atoms with van der Waals surface area (Å²) in [7, 11) is 1.37. The number of esters is 1. The summed E-state index contributed by atoms with van der Waals surface area (Å²) >= 11 is 0. The molecule has 0 fully saturated rings. The third kappa shape index (κ3) is 2.03. The van der Waals surface area contributed by atoms with Gasteiger partial charge in [0.1, 0.15) is 5.75 Å². The van der Waals surface area contributed by atoms with E-state index in [9.17, 15) is 22.8 Å². The highest BCUT2D eigenvalue weighted by Gasteiger charge is 2.63. The molecule has 20 heavy (non-hydrogen) atoms. The third-order valence-corrected chi connectivity index (χ3v) is 3.27. The van der Waals surface area contributed by atoms with Crippen molar-refractivity contribution in [2.75, 3.05) is 7.11 Å². The summed E-state index contributed by atoms with van der Waals surface area (Å²) in [4.78, 5) is 23.2. The van der Waals surface area contributed by atoms with E-state index in [0.29, 0.717) is 5.75 Å². The summed E-state index contributed by atoms with van der Waals surface area (Å²) < 4.78 is 48.8. The van der Waals surface area contributed by atoms with Gasteiger partial charge in [0.25, 0.3) is 5.60 Å². The molecular formula is C13H11F3O4. The van der Waals surface area contributed by atoms with Crippen molar-refractivity contribution in [1.82, 2.24) is 0 Å². The first-order chi connectivity index (χ1) is 9.21. The molecule has 0 bridgehead atoms. The monoisotopic (exact) mass is 288 g/mol. The number of hydrogen-bond donors (Lipinski definition) is 0. The van der Waals surface area contributed by atoms with Crippen molar-refractivity contribution in [2.24, 2.45) is 0 Å². The Bertz CT molecular complexity index is 579. The Morgan fingerprint density at radius 3 is 2.55 bits per heavy atom. The first-order valence-corrected chi connectivity index (χ1v) is 5.69. The summed E-state index contributed by atoms with van der Waals surface area (Å²) in [6.07, 6.45) is -5.69. The standard InChI is InChI=1S/C13H11F3O4/c1-7(17)12(13(14,15)16)6-8-3-4-9(19-2)5-10(8)11(18)20-12/h3-5H,6H2,1-2H3. The number of hydrogen-bond acceptors (Lipinski definition) is 4. The number of cyclic esters (lactones) is 1. The number of benzene rings is 1. The highest BCUT2D eigenvalue weighted by atomic mass is 19.4. The number of rotatable bonds is 2. The summed E-state index contributed by atoms with van der Waals surface area (Å²) in [5.74, 6) is -2.11. The van der Waals surface area contributed by atoms with Crippen LogP contribution in [0, 0.1) is 0 Å². The van der Waals surface area contributed by atoms with Gasteiger partial charge in [-0.2, -0.15) is 13.2 Å². The van der Waals surface area contributed by atoms with Gasteiger partial charge in [-0.15, -0.1) is 0 Å². The molecule has 1 aliphatic heterocycles. The second-order valence-electron chi connectivity index (χ2n) is 4.47. The zero-order chi connectivity index (χ0) is 15.1. The zero-order valence-electron chi connectivity index (χ0n) is 10.7. The fourth-order valence-electron chi connectivity index (χ4n) is 2.10. The molecule has 4 nitrogen and oxygen atoms in total. The number of methoxy groups -OCH3 is 1. The number of ether oxygens (including phenoxy) is 2. The smallest absolute Gasteiger partial charge is 0.436 e. The van der Waals surface area contributed by atoms with Gasteiger partial charge in [0.05, 0.1) is 12.7 Å². The largest absolute Gasteiger partial charge is 0.497 e. The molecule has 0 spiro atoms. The average Bonchev–Trinajstić information content (AvgIpc) is 2.36. The molecule has 0 amide bonds. The van der Waals surface area contributed by atoms with Gasteiger partial charge in [0, 0.05) is 6.42 Å². The van der Waals surface area contributed by atoms with E-state index < -0.39 is 30.0 Å². The quantitative estimate of drug-likeness (QED) is 0.784. The van der Waals surface area contributed by atoms with Gasteiger partial charge in [-0.3, -0.25) is 4.79 Å². The summed E-state index contributed by atoms with van der Waals surface area (Å²) in [5, 5.41) is 0. The number of fused-ring (bicyclic) bond motifs is 1. The summed E-state index contributed by atoms with van der Waals surface area (Å²) in [5.41, 5.74) is -3.02. The number of carbonyl (C=O) groups excluding carboxylic acids is 2. The third-order valence-electron chi connectivity index (χ3n) is 3.27. The van der Waals surface area contributed by atoms with E-state index in [0.717, 1.165) is 6.92 Å². The SMILES string of the molecule is COc1ccc2c(c1)C(=O)OC(C(C)=O)(C(F)(F)F)C2. The first-order valence-electron chi connectivity index (χ1n) is 5.69. The number of halogens is 3. The summed E-state index contributed by atoms with van der Waals surface area (Å²) in [6.45, 7) is 0.759. The van der Waals surface area contributed by atoms with Gasteiger partial charge in [-0.25, -0.2) is 4.79 Å². The lowest BCUT2D eigenvalue weighted by molar-refractivity contribution is -0.250. The van der Waals surface area contributed by atoms with E-state index in [1.165, 1.54) is 25.3 Å². The number of alkyl halides is 3. The molecule has 0 aliphatic carbocycles. The molecule has 1 aromatic carbocycles. The van der Waals surface area contributed by atoms with Gasteiger partial charge < -0.3 is 9.47 Å². The van der Waals surface area contributed by atoms with E-state index in [-0.39, 0.29) is 11.1 Å². The van der Waals surface area contributed by atoms with Crippen molar-refractivity contribution < 1.29 is 32.2 Å². The zero-order valence-corrected chi connectivity index (χ0v) is 10.7. The lowest BCUT2D eigenvalue weighted by Gasteiger charge is -2.36. The van der Waals surface area contributed by atoms with Crippen LogP contribution in [0.25, 0.3) is 0 Å². The molecule has 0 aromatic heterocycles. The van der Waals surface area contributed by atoms with Crippen LogP contribution in [0.15, 0.2) is 18.2 Å². The lowest BCUT2D eigenvalue weighted by Crippen LogP contribution is -2.58. The fraction of sp³-hybridized carbons (Fsp3) is 0.385. The molecule has 0 radical (unpaired) electrons. The normalized spacial score (nSPS) is 21.9. The Balaban J connectivity index is 2.55. The van der Waals surface area contributed by atoms with Crippen LogP contribution in [0.1, 0.15) is 22.8 Å². The Hall–Kier alpha value is -2.05. The maximum Gasteiger partial charge on any atom is 0.436 e. The van der Waals surface area contributed by atoms with Gasteiger partial charge in [0.15, 0.2) is 5.78 Å². The Kier molecular flexibility index (Phi) is 3.23. The van der Waals surface area contributed by atoms with Crippen molar-refractivity contribution in [3.05, 3.63) is 29.3 Å². The van der Waals surface area contributed by atoms with Crippen molar-refractivity contribution >= 4 is 11.8 Å². The fourth-order valence-corrected chi connectivity index (χ4v) is 2.10. The lowest BCUT2D eigenvalue weighted by atomic mass is 9.85. The molecule has 2 rings (SSSR count). The maximum atomic E-state index is 13.1. The van der Waals surface area contributed by atoms with Crippen LogP contribution in [-0.4, -0.2) is 30.6 Å². The van der Waals surface area contributed by atoms with Crippen LogP contribution in [0.2, 0.25) is 0 Å². The van der Waals surface area contributed by atoms with E-state index in [4.69, 9.17) is 4.74 Å². The average molecular weight is 288 g/mol. The Morgan fingerprint density at radius 2 is 2.05 bits per heavy atom. The maximum absolute atomic E-state index is 13.1. The predicted octanol–water partition coefficient (Wildman–Crippen LogP) is 2.30. The van der Waals surface area contributed by atoms with E-state index >= 15 is 0 Å². The number of ketones is 1. The van der Waals surface area contributed by atoms with Crippen molar-refractivity contribution in [3.63, 3.8) is 0 Å². The molecular weight excluding hydrogens is 277 g/mol. The van der Waals surface area contributed by atoms with Crippen LogP contribution >= 0.6 is 0 Å². The van der Waals surface area contributed by atoms with Gasteiger partial charge in [-0.05, 0) is 24.6 Å². The molecule has 0 N–H and O–H groups in total. The van der Waals surface area contributed by atoms with E-state index in [1.807, 2.05) is 0 Å². The van der Waals surface area contributed by atoms with Crippen molar-refractivity contribution in [3.8, 4) is 5.75 Å². The topological polar surface area (TPSA) is 52.6 Å². The molecule has 7 heteroatoms. The minimum atomic E-state index is -4.97. The number of Topliss-reactive ketones (excluding diaryl/α,β-unsaturated/α-hetero) is 1. The molecule has 0 saturated carbocycles. The second-order valence-corrected chi connectivity index (χ2v) is 4.47. The number of carbonyl (C=O) groups is 2. The molecule has 0 saturated heterocycles. The first kappa shape index (κ1) is 14.4. The Morgan fingerprint density at radius 1 is 1.40 bits per heavy atom. The molecule has 1 unspecified atom stereocenters. The van der Waals surface area contributed by atoms with Crippen LogP contribution in [0.5, 0.6) is 5.75 Å². The van der Waals surface area contributed by atoms with Crippen molar-refractivity contribution in [1.29, 1.82) is 0 Å². The van der Waals surface area contributed by atoms with Crippen molar-refractivity contribution in [2.45, 2.75) is 25.1 Å². The molecule has 1 aromatic rings. The van der Waals surface area contributed by atoms with Gasteiger partial charge >= 0.3 is 12.1 Å².